The van der Waals surface area contributed by atoms with Gasteiger partial charge in [0.05, 0.1) is 16.9 Å². The molecule has 1 heterocycles. The highest BCUT2D eigenvalue weighted by molar-refractivity contribution is 6.30. The number of nitrogens with zero attached hydrogens (tertiary/aromatic N) is 2. The molecule has 0 saturated carbocycles. The second-order valence-electron chi connectivity index (χ2n) is 3.94. The third kappa shape index (κ3) is 2.68. The number of rotatable bonds is 4. The first kappa shape index (κ1) is 12.1. The highest BCUT2D eigenvalue weighted by Gasteiger charge is 2.10. The first-order valence-electron chi connectivity index (χ1n) is 5.75. The summed E-state index contributed by atoms with van der Waals surface area (Å²) in [4.78, 5) is 0. The topological polar surface area (TPSA) is 29.9 Å². The summed E-state index contributed by atoms with van der Waals surface area (Å²) in [5, 5.41) is 8.30. The van der Waals surface area contributed by atoms with Crippen LogP contribution in [-0.4, -0.2) is 16.3 Å². The van der Waals surface area contributed by atoms with Gasteiger partial charge in [0.25, 0.3) is 0 Å². The summed E-state index contributed by atoms with van der Waals surface area (Å²) in [5.74, 6) is 0. The molecule has 4 heteroatoms. The van der Waals surface area contributed by atoms with E-state index in [0.29, 0.717) is 11.1 Å². The number of halogens is 1. The molecule has 0 aliphatic heterocycles. The number of aromatic nitrogens is 2. The van der Waals surface area contributed by atoms with Crippen LogP contribution < -0.4 is 5.32 Å². The molecule has 0 bridgehead atoms. The van der Waals surface area contributed by atoms with E-state index in [1.54, 1.807) is 6.20 Å². The predicted molar refractivity (Wildman–Crippen MR) is 70.7 cm³/mol. The summed E-state index contributed by atoms with van der Waals surface area (Å²) in [7, 11) is 0. The minimum absolute atomic E-state index is 0.291. The molecular formula is C13H16ClN3. The van der Waals surface area contributed by atoms with Crippen LogP contribution in [-0.2, 0) is 0 Å². The molecule has 0 aliphatic rings. The quantitative estimate of drug-likeness (QED) is 0.902. The average molecular weight is 250 g/mol. The molecule has 1 atom stereocenters. The van der Waals surface area contributed by atoms with Crippen molar-refractivity contribution in [1.82, 2.24) is 15.1 Å². The van der Waals surface area contributed by atoms with Gasteiger partial charge in [0, 0.05) is 12.2 Å². The van der Waals surface area contributed by atoms with E-state index >= 15 is 0 Å². The fraction of sp³-hybridized carbons (Fsp3) is 0.308. The van der Waals surface area contributed by atoms with E-state index in [2.05, 4.69) is 30.3 Å². The van der Waals surface area contributed by atoms with Gasteiger partial charge < -0.3 is 5.32 Å². The van der Waals surface area contributed by atoms with Gasteiger partial charge >= 0.3 is 0 Å². The second kappa shape index (κ2) is 5.34. The lowest BCUT2D eigenvalue weighted by molar-refractivity contribution is 0.593. The molecule has 0 amide bonds. The first-order chi connectivity index (χ1) is 8.22. The maximum absolute atomic E-state index is 5.90. The molecule has 17 heavy (non-hydrogen) atoms. The zero-order valence-electron chi connectivity index (χ0n) is 10.0. The van der Waals surface area contributed by atoms with Crippen molar-refractivity contribution in [3.63, 3.8) is 0 Å². The van der Waals surface area contributed by atoms with Crippen molar-refractivity contribution in [3.8, 4) is 5.69 Å². The van der Waals surface area contributed by atoms with Crippen LogP contribution in [0.5, 0.6) is 0 Å². The Labute approximate surface area is 106 Å². The Morgan fingerprint density at radius 3 is 2.82 bits per heavy atom. The van der Waals surface area contributed by atoms with E-state index in [9.17, 15) is 0 Å². The van der Waals surface area contributed by atoms with Crippen molar-refractivity contribution in [2.75, 3.05) is 6.54 Å². The van der Waals surface area contributed by atoms with E-state index in [4.69, 9.17) is 11.6 Å². The number of nitrogens with one attached hydrogen (secondary N) is 1. The van der Waals surface area contributed by atoms with Crippen LogP contribution >= 0.6 is 11.6 Å². The Kier molecular flexibility index (Phi) is 3.82. The zero-order valence-corrected chi connectivity index (χ0v) is 10.8. The molecule has 3 nitrogen and oxygen atoms in total. The highest BCUT2D eigenvalue weighted by Crippen LogP contribution is 2.22. The molecule has 0 aliphatic carbocycles. The van der Waals surface area contributed by atoms with Gasteiger partial charge in [-0.3, -0.25) is 0 Å². The predicted octanol–water partition coefficient (Wildman–Crippen LogP) is 3.20. The molecule has 0 radical (unpaired) electrons. The van der Waals surface area contributed by atoms with Crippen LogP contribution in [0.2, 0.25) is 5.02 Å². The molecular weight excluding hydrogens is 234 g/mol. The number of benzene rings is 1. The van der Waals surface area contributed by atoms with Gasteiger partial charge in [0.2, 0.25) is 0 Å². The summed E-state index contributed by atoms with van der Waals surface area (Å²) in [6.07, 6.45) is 3.47. The summed E-state index contributed by atoms with van der Waals surface area (Å²) in [6, 6.07) is 8.49. The molecule has 1 unspecified atom stereocenters. The molecule has 1 N–H and O–H groups in total. The summed E-state index contributed by atoms with van der Waals surface area (Å²) in [5.41, 5.74) is 2.28. The monoisotopic (exact) mass is 249 g/mol. The Morgan fingerprint density at radius 1 is 1.41 bits per heavy atom. The summed E-state index contributed by atoms with van der Waals surface area (Å²) >= 11 is 5.90. The van der Waals surface area contributed by atoms with E-state index in [1.165, 1.54) is 5.56 Å². The van der Waals surface area contributed by atoms with Gasteiger partial charge in [-0.05, 0) is 25.1 Å². The van der Waals surface area contributed by atoms with Gasteiger partial charge in [-0.2, -0.15) is 5.10 Å². The molecule has 2 rings (SSSR count). The molecule has 90 valence electrons. The third-order valence-electron chi connectivity index (χ3n) is 2.71. The van der Waals surface area contributed by atoms with E-state index < -0.39 is 0 Å². The van der Waals surface area contributed by atoms with Crippen LogP contribution in [0.1, 0.15) is 25.5 Å². The van der Waals surface area contributed by atoms with Crippen molar-refractivity contribution >= 4 is 11.6 Å². The number of para-hydroxylation sites is 1. The normalized spacial score (nSPS) is 12.6. The van der Waals surface area contributed by atoms with E-state index in [-0.39, 0.29) is 0 Å². The minimum Gasteiger partial charge on any atom is -0.310 e. The van der Waals surface area contributed by atoms with Crippen molar-refractivity contribution in [1.29, 1.82) is 0 Å². The lowest BCUT2D eigenvalue weighted by Gasteiger charge is -2.16. The number of hydrogen-bond acceptors (Lipinski definition) is 2. The standard InChI is InChI=1S/C13H16ClN3/c1-3-15-10(2)12-6-4-5-7-13(12)17-9-11(14)8-16-17/h4-10,15H,3H2,1-2H3. The third-order valence-corrected chi connectivity index (χ3v) is 2.91. The molecule has 0 saturated heterocycles. The van der Waals surface area contributed by atoms with E-state index in [1.807, 2.05) is 29.1 Å². The largest absolute Gasteiger partial charge is 0.310 e. The first-order valence-corrected chi connectivity index (χ1v) is 6.13. The second-order valence-corrected chi connectivity index (χ2v) is 4.38. The van der Waals surface area contributed by atoms with Gasteiger partial charge in [-0.15, -0.1) is 0 Å². The fourth-order valence-electron chi connectivity index (χ4n) is 1.91. The summed E-state index contributed by atoms with van der Waals surface area (Å²) < 4.78 is 1.81. The molecule has 0 fully saturated rings. The molecule has 1 aromatic heterocycles. The lowest BCUT2D eigenvalue weighted by atomic mass is 10.1. The summed E-state index contributed by atoms with van der Waals surface area (Å²) in [6.45, 7) is 5.19. The Morgan fingerprint density at radius 2 is 2.18 bits per heavy atom. The Balaban J connectivity index is 2.40. The molecule has 0 spiro atoms. The smallest absolute Gasteiger partial charge is 0.0790 e. The van der Waals surface area contributed by atoms with Gasteiger partial charge in [0.15, 0.2) is 0 Å². The minimum atomic E-state index is 0.291. The zero-order chi connectivity index (χ0) is 12.3. The van der Waals surface area contributed by atoms with Gasteiger partial charge in [-0.25, -0.2) is 4.68 Å². The Bertz CT molecular complexity index is 493. The van der Waals surface area contributed by atoms with Crippen molar-refractivity contribution in [2.45, 2.75) is 19.9 Å². The molecule has 2 aromatic rings. The fourth-order valence-corrected chi connectivity index (χ4v) is 2.05. The van der Waals surface area contributed by atoms with Crippen LogP contribution in [0.25, 0.3) is 5.69 Å². The lowest BCUT2D eigenvalue weighted by Crippen LogP contribution is -2.19. The van der Waals surface area contributed by atoms with Crippen LogP contribution in [0.15, 0.2) is 36.7 Å². The van der Waals surface area contributed by atoms with Crippen molar-refractivity contribution in [3.05, 3.63) is 47.2 Å². The van der Waals surface area contributed by atoms with Crippen LogP contribution in [0.3, 0.4) is 0 Å². The van der Waals surface area contributed by atoms with Gasteiger partial charge in [-0.1, -0.05) is 36.7 Å². The van der Waals surface area contributed by atoms with Crippen molar-refractivity contribution < 1.29 is 0 Å². The molecule has 1 aromatic carbocycles. The number of hydrogen-bond donors (Lipinski definition) is 1. The highest BCUT2D eigenvalue weighted by atomic mass is 35.5. The van der Waals surface area contributed by atoms with E-state index in [0.717, 1.165) is 12.2 Å². The Hall–Kier alpha value is -1.32. The van der Waals surface area contributed by atoms with Crippen LogP contribution in [0, 0.1) is 0 Å². The maximum atomic E-state index is 5.90. The SMILES string of the molecule is CCNC(C)c1ccccc1-n1cc(Cl)cn1. The average Bonchev–Trinajstić information content (AvgIpc) is 2.76. The van der Waals surface area contributed by atoms with Crippen LogP contribution in [0.4, 0.5) is 0 Å². The van der Waals surface area contributed by atoms with Gasteiger partial charge in [0.1, 0.15) is 0 Å². The maximum Gasteiger partial charge on any atom is 0.0790 e. The van der Waals surface area contributed by atoms with Crippen molar-refractivity contribution in [2.24, 2.45) is 0 Å².